The van der Waals surface area contributed by atoms with Crippen LogP contribution in [0.2, 0.25) is 0 Å². The fourth-order valence-electron chi connectivity index (χ4n) is 2.95. The van der Waals surface area contributed by atoms with Crippen molar-refractivity contribution >= 4 is 27.9 Å². The molecule has 0 saturated heterocycles. The smallest absolute Gasteiger partial charge is 0.243 e. The van der Waals surface area contributed by atoms with Crippen molar-refractivity contribution in [1.29, 1.82) is 0 Å². The first kappa shape index (κ1) is 22.1. The number of nitrogens with two attached hydrogens (primary N) is 1. The molecule has 30 heavy (non-hydrogen) atoms. The molecule has 1 aromatic heterocycles. The Balaban J connectivity index is 1.76. The summed E-state index contributed by atoms with van der Waals surface area (Å²) in [6.45, 7) is 4.45. The quantitative estimate of drug-likeness (QED) is 0.402. The maximum Gasteiger partial charge on any atom is 0.243 e. The number of hydrogen-bond acceptors (Lipinski definition) is 6. The average molecular weight is 444 g/mol. The minimum absolute atomic E-state index is 0.215. The molecule has 0 amide bonds. The Morgan fingerprint density at radius 3 is 2.50 bits per heavy atom. The van der Waals surface area contributed by atoms with Crippen molar-refractivity contribution in [2.24, 2.45) is 0 Å². The fourth-order valence-corrected chi connectivity index (χ4v) is 5.12. The lowest BCUT2D eigenvalue weighted by Crippen LogP contribution is -2.30. The minimum atomic E-state index is -3.56. The molecule has 0 radical (unpaired) electrons. The van der Waals surface area contributed by atoms with Gasteiger partial charge in [-0.3, -0.25) is 0 Å². The summed E-state index contributed by atoms with van der Waals surface area (Å²) >= 11 is 1.45. The molecule has 0 fully saturated rings. The van der Waals surface area contributed by atoms with Crippen LogP contribution in [0.15, 0.2) is 70.7 Å². The van der Waals surface area contributed by atoms with Crippen LogP contribution in [-0.4, -0.2) is 46.4 Å². The van der Waals surface area contributed by atoms with Gasteiger partial charge < -0.3 is 5.84 Å². The highest BCUT2D eigenvalue weighted by molar-refractivity contribution is 7.99. The molecule has 0 atom stereocenters. The Morgan fingerprint density at radius 1 is 1.07 bits per heavy atom. The third-order valence-corrected chi connectivity index (χ3v) is 7.46. The zero-order valence-electron chi connectivity index (χ0n) is 17.0. The van der Waals surface area contributed by atoms with Crippen LogP contribution in [0.4, 0.5) is 0 Å². The maximum atomic E-state index is 12.8. The van der Waals surface area contributed by atoms with Gasteiger partial charge in [-0.2, -0.15) is 4.31 Å². The SMILES string of the molecule is CCN(CC)S(=O)(=O)c1cccc(-c2nnc(SC/C=C/c3ccccc3)n2N)c1. The van der Waals surface area contributed by atoms with E-state index in [1.807, 2.05) is 56.3 Å². The average Bonchev–Trinajstić information content (AvgIpc) is 3.13. The lowest BCUT2D eigenvalue weighted by atomic mass is 10.2. The lowest BCUT2D eigenvalue weighted by molar-refractivity contribution is 0.445. The third-order valence-electron chi connectivity index (χ3n) is 4.52. The van der Waals surface area contributed by atoms with Crippen LogP contribution in [-0.2, 0) is 10.0 Å². The van der Waals surface area contributed by atoms with Gasteiger partial charge in [0.15, 0.2) is 5.82 Å². The van der Waals surface area contributed by atoms with E-state index in [1.54, 1.807) is 24.3 Å². The fraction of sp³-hybridized carbons (Fsp3) is 0.238. The van der Waals surface area contributed by atoms with Gasteiger partial charge in [0.2, 0.25) is 15.2 Å². The second-order valence-electron chi connectivity index (χ2n) is 6.42. The molecule has 0 aliphatic heterocycles. The zero-order valence-corrected chi connectivity index (χ0v) is 18.6. The van der Waals surface area contributed by atoms with E-state index in [0.29, 0.717) is 35.4 Å². The van der Waals surface area contributed by atoms with Crippen LogP contribution in [0, 0.1) is 0 Å². The molecule has 7 nitrogen and oxygen atoms in total. The topological polar surface area (TPSA) is 94.1 Å². The summed E-state index contributed by atoms with van der Waals surface area (Å²) in [6, 6.07) is 16.7. The van der Waals surface area contributed by atoms with E-state index in [4.69, 9.17) is 5.84 Å². The van der Waals surface area contributed by atoms with Gasteiger partial charge in [-0.05, 0) is 17.7 Å². The molecule has 0 unspecified atom stereocenters. The Hall–Kier alpha value is -2.62. The second-order valence-corrected chi connectivity index (χ2v) is 9.34. The summed E-state index contributed by atoms with van der Waals surface area (Å²) in [5.41, 5.74) is 1.73. The number of benzene rings is 2. The summed E-state index contributed by atoms with van der Waals surface area (Å²) in [4.78, 5) is 0.215. The van der Waals surface area contributed by atoms with Gasteiger partial charge in [-0.1, -0.05) is 80.2 Å². The number of nitrogens with zero attached hydrogens (tertiary/aromatic N) is 4. The molecule has 9 heteroatoms. The zero-order chi connectivity index (χ0) is 21.6. The van der Waals surface area contributed by atoms with E-state index in [0.717, 1.165) is 5.56 Å². The molecule has 0 aliphatic carbocycles. The van der Waals surface area contributed by atoms with Crippen molar-refractivity contribution in [1.82, 2.24) is 19.2 Å². The monoisotopic (exact) mass is 443 g/mol. The molecule has 1 heterocycles. The van der Waals surface area contributed by atoms with Gasteiger partial charge in [-0.25, -0.2) is 13.1 Å². The van der Waals surface area contributed by atoms with Crippen LogP contribution in [0.5, 0.6) is 0 Å². The van der Waals surface area contributed by atoms with Crippen molar-refractivity contribution in [3.05, 3.63) is 66.2 Å². The summed E-state index contributed by atoms with van der Waals surface area (Å²) in [5.74, 6) is 7.29. The normalized spacial score (nSPS) is 12.1. The Kier molecular flexibility index (Phi) is 7.30. The predicted molar refractivity (Wildman–Crippen MR) is 122 cm³/mol. The Labute approximate surface area is 181 Å². The van der Waals surface area contributed by atoms with E-state index in [1.165, 1.54) is 20.7 Å². The summed E-state index contributed by atoms with van der Waals surface area (Å²) < 4.78 is 28.4. The van der Waals surface area contributed by atoms with Gasteiger partial charge >= 0.3 is 0 Å². The van der Waals surface area contributed by atoms with Crippen LogP contribution < -0.4 is 5.84 Å². The van der Waals surface area contributed by atoms with Gasteiger partial charge in [0.25, 0.3) is 0 Å². The Morgan fingerprint density at radius 2 is 1.80 bits per heavy atom. The van der Waals surface area contributed by atoms with Crippen LogP contribution in [0.3, 0.4) is 0 Å². The Bertz CT molecular complexity index is 1110. The van der Waals surface area contributed by atoms with Crippen molar-refractivity contribution in [3.63, 3.8) is 0 Å². The number of hydrogen-bond donors (Lipinski definition) is 1. The number of aromatic nitrogens is 3. The lowest BCUT2D eigenvalue weighted by Gasteiger charge is -2.18. The maximum absolute atomic E-state index is 12.8. The van der Waals surface area contributed by atoms with Crippen molar-refractivity contribution < 1.29 is 8.42 Å². The highest BCUT2D eigenvalue weighted by Crippen LogP contribution is 2.25. The summed E-state index contributed by atoms with van der Waals surface area (Å²) in [6.07, 6.45) is 4.07. The summed E-state index contributed by atoms with van der Waals surface area (Å²) in [7, 11) is -3.56. The van der Waals surface area contributed by atoms with Crippen LogP contribution in [0.25, 0.3) is 17.5 Å². The van der Waals surface area contributed by atoms with Crippen LogP contribution in [0.1, 0.15) is 19.4 Å². The van der Waals surface area contributed by atoms with Crippen molar-refractivity contribution in [2.75, 3.05) is 24.7 Å². The van der Waals surface area contributed by atoms with E-state index in [9.17, 15) is 8.42 Å². The first-order valence-electron chi connectivity index (χ1n) is 9.62. The molecule has 0 saturated carbocycles. The molecule has 3 rings (SSSR count). The second kappa shape index (κ2) is 9.92. The van der Waals surface area contributed by atoms with Gasteiger partial charge in [0, 0.05) is 24.4 Å². The molecule has 158 valence electrons. The van der Waals surface area contributed by atoms with E-state index in [2.05, 4.69) is 10.2 Å². The van der Waals surface area contributed by atoms with Crippen LogP contribution >= 0.6 is 11.8 Å². The van der Waals surface area contributed by atoms with Gasteiger partial charge in [0.05, 0.1) is 4.90 Å². The van der Waals surface area contributed by atoms with E-state index >= 15 is 0 Å². The highest BCUT2D eigenvalue weighted by atomic mass is 32.2. The number of thioether (sulfide) groups is 1. The number of sulfonamides is 1. The first-order chi connectivity index (χ1) is 14.5. The van der Waals surface area contributed by atoms with Gasteiger partial charge in [0.1, 0.15) is 0 Å². The molecule has 2 aromatic carbocycles. The van der Waals surface area contributed by atoms with Crippen molar-refractivity contribution in [3.8, 4) is 11.4 Å². The molecule has 0 spiro atoms. The molecular weight excluding hydrogens is 418 g/mol. The van der Waals surface area contributed by atoms with Gasteiger partial charge in [-0.15, -0.1) is 10.2 Å². The van der Waals surface area contributed by atoms with E-state index < -0.39 is 10.0 Å². The third kappa shape index (κ3) is 4.92. The predicted octanol–water partition coefficient (Wildman–Crippen LogP) is 3.49. The number of rotatable bonds is 9. The number of nitrogen functional groups attached to an aromatic ring is 1. The molecule has 2 N–H and O–H groups in total. The first-order valence-corrected chi connectivity index (χ1v) is 12.1. The standard InChI is InChI=1S/C21H25N5O2S2/c1-3-25(4-2)30(27,28)19-14-8-13-18(16-19)20-23-24-21(26(20)22)29-15-9-12-17-10-6-5-7-11-17/h5-14,16H,3-4,15,22H2,1-2H3/b12-9+. The highest BCUT2D eigenvalue weighted by Gasteiger charge is 2.22. The molecule has 0 aliphatic rings. The molecule has 3 aromatic rings. The summed E-state index contributed by atoms with van der Waals surface area (Å²) in [5, 5.41) is 8.87. The minimum Gasteiger partial charge on any atom is -0.335 e. The van der Waals surface area contributed by atoms with E-state index in [-0.39, 0.29) is 4.90 Å². The molecule has 0 bridgehead atoms. The largest absolute Gasteiger partial charge is 0.335 e. The van der Waals surface area contributed by atoms with Crippen molar-refractivity contribution in [2.45, 2.75) is 23.9 Å². The molecular formula is C21H25N5O2S2.